The lowest BCUT2D eigenvalue weighted by atomic mass is 10.1. The van der Waals surface area contributed by atoms with Crippen molar-refractivity contribution < 1.29 is 9.59 Å². The van der Waals surface area contributed by atoms with Crippen molar-refractivity contribution in [2.75, 3.05) is 24.5 Å². The fourth-order valence-corrected chi connectivity index (χ4v) is 2.29. The first kappa shape index (κ1) is 14.5. The number of imide groups is 1. The third kappa shape index (κ3) is 3.57. The number of piperazine rings is 1. The molecule has 2 N–H and O–H groups in total. The molecule has 1 heterocycles. The van der Waals surface area contributed by atoms with Crippen LogP contribution in [0.15, 0.2) is 18.2 Å². The molecule has 0 radical (unpaired) electrons. The van der Waals surface area contributed by atoms with E-state index in [2.05, 4.69) is 30.5 Å². The lowest BCUT2D eigenvalue weighted by molar-refractivity contribution is -0.130. The van der Waals surface area contributed by atoms with Crippen LogP contribution in [0.5, 0.6) is 0 Å². The van der Waals surface area contributed by atoms with Crippen molar-refractivity contribution in [2.24, 2.45) is 0 Å². The van der Waals surface area contributed by atoms with E-state index in [0.717, 1.165) is 25.2 Å². The monoisotopic (exact) mass is 275 g/mol. The number of hydrogen-bond acceptors (Lipinski definition) is 4. The molecule has 1 aromatic rings. The van der Waals surface area contributed by atoms with Crippen LogP contribution in [-0.4, -0.2) is 31.4 Å². The van der Waals surface area contributed by atoms with Gasteiger partial charge < -0.3 is 10.2 Å². The van der Waals surface area contributed by atoms with Crippen LogP contribution in [-0.2, 0) is 16.1 Å². The highest BCUT2D eigenvalue weighted by molar-refractivity contribution is 6.02. The summed E-state index contributed by atoms with van der Waals surface area (Å²) in [6.07, 6.45) is 1.11. The Labute approximate surface area is 119 Å². The van der Waals surface area contributed by atoms with Crippen LogP contribution in [0.3, 0.4) is 0 Å². The Morgan fingerprint density at radius 1 is 1.25 bits per heavy atom. The Balaban J connectivity index is 2.08. The SMILES string of the molecule is CCCNCc1ccc(N2CC(=O)NC(=O)C2)cc1C. The molecule has 0 bridgehead atoms. The summed E-state index contributed by atoms with van der Waals surface area (Å²) >= 11 is 0. The molecule has 1 fully saturated rings. The molecule has 1 aromatic carbocycles. The van der Waals surface area contributed by atoms with E-state index >= 15 is 0 Å². The maximum atomic E-state index is 11.4. The summed E-state index contributed by atoms with van der Waals surface area (Å²) in [5.41, 5.74) is 3.34. The molecule has 0 spiro atoms. The minimum atomic E-state index is -0.243. The number of carbonyl (C=O) groups excluding carboxylic acids is 2. The Bertz CT molecular complexity index is 498. The summed E-state index contributed by atoms with van der Waals surface area (Å²) in [7, 11) is 0. The summed E-state index contributed by atoms with van der Waals surface area (Å²) in [6.45, 7) is 6.51. The highest BCUT2D eigenvalue weighted by Crippen LogP contribution is 2.20. The number of benzene rings is 1. The zero-order valence-electron chi connectivity index (χ0n) is 12.0. The first-order chi connectivity index (χ1) is 9.60. The van der Waals surface area contributed by atoms with Gasteiger partial charge >= 0.3 is 0 Å². The number of nitrogens with one attached hydrogen (secondary N) is 2. The standard InChI is InChI=1S/C15H21N3O2/c1-3-6-16-8-12-4-5-13(7-11(12)2)18-9-14(19)17-15(20)10-18/h4-5,7,16H,3,6,8-10H2,1-2H3,(H,17,19,20). The molecular formula is C15H21N3O2. The molecule has 0 unspecified atom stereocenters. The van der Waals surface area contributed by atoms with Gasteiger partial charge in [-0.2, -0.15) is 0 Å². The van der Waals surface area contributed by atoms with Crippen molar-refractivity contribution in [3.05, 3.63) is 29.3 Å². The van der Waals surface area contributed by atoms with E-state index in [4.69, 9.17) is 0 Å². The smallest absolute Gasteiger partial charge is 0.246 e. The van der Waals surface area contributed by atoms with Crippen molar-refractivity contribution in [2.45, 2.75) is 26.8 Å². The van der Waals surface area contributed by atoms with Crippen molar-refractivity contribution in [3.63, 3.8) is 0 Å². The van der Waals surface area contributed by atoms with Gasteiger partial charge in [0.25, 0.3) is 0 Å². The highest BCUT2D eigenvalue weighted by atomic mass is 16.2. The van der Waals surface area contributed by atoms with Crippen LogP contribution < -0.4 is 15.5 Å². The zero-order valence-corrected chi connectivity index (χ0v) is 12.0. The van der Waals surface area contributed by atoms with Gasteiger partial charge in [-0.25, -0.2) is 0 Å². The maximum Gasteiger partial charge on any atom is 0.246 e. The van der Waals surface area contributed by atoms with Gasteiger partial charge in [0.1, 0.15) is 0 Å². The van der Waals surface area contributed by atoms with Crippen molar-refractivity contribution in [1.82, 2.24) is 10.6 Å². The first-order valence-corrected chi connectivity index (χ1v) is 6.98. The average Bonchev–Trinajstić information content (AvgIpc) is 2.39. The molecule has 5 heteroatoms. The number of nitrogens with zero attached hydrogens (tertiary/aromatic N) is 1. The van der Waals surface area contributed by atoms with Gasteiger partial charge in [0.15, 0.2) is 0 Å². The van der Waals surface area contributed by atoms with Crippen molar-refractivity contribution in [3.8, 4) is 0 Å². The van der Waals surface area contributed by atoms with Crippen molar-refractivity contribution in [1.29, 1.82) is 0 Å². The molecule has 0 saturated carbocycles. The summed E-state index contributed by atoms with van der Waals surface area (Å²) in [5.74, 6) is -0.486. The van der Waals surface area contributed by atoms with E-state index in [1.807, 2.05) is 12.1 Å². The number of anilines is 1. The second-order valence-corrected chi connectivity index (χ2v) is 5.11. The van der Waals surface area contributed by atoms with E-state index < -0.39 is 0 Å². The fraction of sp³-hybridized carbons (Fsp3) is 0.467. The van der Waals surface area contributed by atoms with E-state index in [9.17, 15) is 9.59 Å². The van der Waals surface area contributed by atoms with Gasteiger partial charge in [0, 0.05) is 12.2 Å². The van der Waals surface area contributed by atoms with Crippen LogP contribution in [0, 0.1) is 6.92 Å². The lowest BCUT2D eigenvalue weighted by Crippen LogP contribution is -2.51. The molecule has 0 aliphatic carbocycles. The van der Waals surface area contributed by atoms with Gasteiger partial charge in [-0.15, -0.1) is 0 Å². The second-order valence-electron chi connectivity index (χ2n) is 5.11. The summed E-state index contributed by atoms with van der Waals surface area (Å²) in [4.78, 5) is 24.6. The molecule has 0 atom stereocenters. The number of rotatable bonds is 5. The predicted molar refractivity (Wildman–Crippen MR) is 78.5 cm³/mol. The molecule has 0 aromatic heterocycles. The molecule has 2 amide bonds. The summed E-state index contributed by atoms with van der Waals surface area (Å²) in [5, 5.41) is 5.68. The maximum absolute atomic E-state index is 11.4. The molecule has 2 rings (SSSR count). The summed E-state index contributed by atoms with van der Waals surface area (Å²) in [6, 6.07) is 6.07. The van der Waals surface area contributed by atoms with Crippen LogP contribution >= 0.6 is 0 Å². The fourth-order valence-electron chi connectivity index (χ4n) is 2.29. The van der Waals surface area contributed by atoms with Crippen LogP contribution in [0.25, 0.3) is 0 Å². The van der Waals surface area contributed by atoms with Crippen LogP contribution in [0.1, 0.15) is 24.5 Å². The van der Waals surface area contributed by atoms with Gasteiger partial charge in [-0.3, -0.25) is 14.9 Å². The third-order valence-corrected chi connectivity index (χ3v) is 3.38. The number of carbonyl (C=O) groups is 2. The van der Waals surface area contributed by atoms with Gasteiger partial charge in [-0.05, 0) is 43.1 Å². The molecule has 1 aliphatic heterocycles. The molecular weight excluding hydrogens is 254 g/mol. The third-order valence-electron chi connectivity index (χ3n) is 3.38. The number of aryl methyl sites for hydroxylation is 1. The van der Waals surface area contributed by atoms with E-state index in [-0.39, 0.29) is 24.9 Å². The Morgan fingerprint density at radius 2 is 1.95 bits per heavy atom. The van der Waals surface area contributed by atoms with Gasteiger partial charge in [-0.1, -0.05) is 13.0 Å². The minimum Gasteiger partial charge on any atom is -0.353 e. The number of amides is 2. The van der Waals surface area contributed by atoms with Crippen LogP contribution in [0.4, 0.5) is 5.69 Å². The normalized spacial score (nSPS) is 15.4. The second kappa shape index (κ2) is 6.52. The Morgan fingerprint density at radius 3 is 2.55 bits per heavy atom. The molecule has 108 valence electrons. The van der Waals surface area contributed by atoms with E-state index in [1.54, 1.807) is 4.90 Å². The van der Waals surface area contributed by atoms with E-state index in [1.165, 1.54) is 11.1 Å². The summed E-state index contributed by atoms with van der Waals surface area (Å²) < 4.78 is 0. The van der Waals surface area contributed by atoms with Gasteiger partial charge in [0.2, 0.25) is 11.8 Å². The zero-order chi connectivity index (χ0) is 14.5. The molecule has 20 heavy (non-hydrogen) atoms. The predicted octanol–water partition coefficient (Wildman–Crippen LogP) is 0.957. The largest absolute Gasteiger partial charge is 0.353 e. The topological polar surface area (TPSA) is 61.4 Å². The first-order valence-electron chi connectivity index (χ1n) is 6.98. The average molecular weight is 275 g/mol. The molecule has 5 nitrogen and oxygen atoms in total. The quantitative estimate of drug-likeness (QED) is 0.620. The van der Waals surface area contributed by atoms with Crippen molar-refractivity contribution >= 4 is 17.5 Å². The van der Waals surface area contributed by atoms with Gasteiger partial charge in [0.05, 0.1) is 13.1 Å². The Hall–Kier alpha value is -1.88. The Kier molecular flexibility index (Phi) is 4.74. The minimum absolute atomic E-state index is 0.235. The van der Waals surface area contributed by atoms with E-state index in [0.29, 0.717) is 0 Å². The molecule has 1 aliphatic rings. The molecule has 1 saturated heterocycles. The number of hydrogen-bond donors (Lipinski definition) is 2. The van der Waals surface area contributed by atoms with Crippen LogP contribution in [0.2, 0.25) is 0 Å². The highest BCUT2D eigenvalue weighted by Gasteiger charge is 2.22. The lowest BCUT2D eigenvalue weighted by Gasteiger charge is -2.28.